The molecule has 2 aromatic carbocycles. The number of amides is 1. The quantitative estimate of drug-likeness (QED) is 0.638. The smallest absolute Gasteiger partial charge is 0.220 e. The summed E-state index contributed by atoms with van der Waals surface area (Å²) in [7, 11) is 0. The molecular weight excluding hydrogens is 353 g/mol. The summed E-state index contributed by atoms with van der Waals surface area (Å²) in [5.41, 5.74) is 3.74. The number of fused-ring (bicyclic) bond motifs is 1. The van der Waals surface area contributed by atoms with Crippen LogP contribution in [0.3, 0.4) is 0 Å². The molecule has 0 saturated carbocycles. The SMILES string of the molecule is CCCc1nc2ccc(CCC(=O)NCc3ccc(F)cc3Cl)cc2[nH]1. The second kappa shape index (κ2) is 8.32. The molecule has 0 saturated heterocycles. The van der Waals surface area contributed by atoms with Crippen LogP contribution in [0.2, 0.25) is 5.02 Å². The monoisotopic (exact) mass is 373 g/mol. The maximum absolute atomic E-state index is 13.0. The van der Waals surface area contributed by atoms with Gasteiger partial charge in [0, 0.05) is 24.4 Å². The lowest BCUT2D eigenvalue weighted by atomic mass is 10.1. The molecular formula is C20H21ClFN3O. The predicted octanol–water partition coefficient (Wildman–Crippen LogP) is 4.56. The first-order valence-electron chi connectivity index (χ1n) is 8.73. The number of benzene rings is 2. The molecule has 0 aliphatic rings. The zero-order chi connectivity index (χ0) is 18.5. The van der Waals surface area contributed by atoms with Gasteiger partial charge in [0.05, 0.1) is 11.0 Å². The van der Waals surface area contributed by atoms with E-state index < -0.39 is 0 Å². The number of nitrogens with zero attached hydrogens (tertiary/aromatic N) is 1. The lowest BCUT2D eigenvalue weighted by Gasteiger charge is -2.07. The van der Waals surface area contributed by atoms with E-state index in [1.165, 1.54) is 12.1 Å². The van der Waals surface area contributed by atoms with E-state index in [4.69, 9.17) is 11.6 Å². The molecule has 1 aromatic heterocycles. The first-order valence-corrected chi connectivity index (χ1v) is 9.11. The fraction of sp³-hybridized carbons (Fsp3) is 0.300. The van der Waals surface area contributed by atoms with Crippen molar-refractivity contribution in [2.24, 2.45) is 0 Å². The van der Waals surface area contributed by atoms with Crippen molar-refractivity contribution in [1.29, 1.82) is 0 Å². The van der Waals surface area contributed by atoms with E-state index in [1.54, 1.807) is 6.07 Å². The molecule has 0 atom stereocenters. The van der Waals surface area contributed by atoms with Gasteiger partial charge in [-0.3, -0.25) is 4.79 Å². The van der Waals surface area contributed by atoms with Gasteiger partial charge in [-0.25, -0.2) is 9.37 Å². The number of carbonyl (C=O) groups is 1. The first-order chi connectivity index (χ1) is 12.5. The highest BCUT2D eigenvalue weighted by Gasteiger charge is 2.07. The summed E-state index contributed by atoms with van der Waals surface area (Å²) >= 11 is 5.97. The topological polar surface area (TPSA) is 57.8 Å². The van der Waals surface area contributed by atoms with Crippen LogP contribution in [-0.4, -0.2) is 15.9 Å². The van der Waals surface area contributed by atoms with Gasteiger partial charge in [0.1, 0.15) is 11.6 Å². The van der Waals surface area contributed by atoms with Gasteiger partial charge >= 0.3 is 0 Å². The number of H-pyrrole nitrogens is 1. The fourth-order valence-electron chi connectivity index (χ4n) is 2.83. The van der Waals surface area contributed by atoms with E-state index in [0.717, 1.165) is 35.3 Å². The van der Waals surface area contributed by atoms with E-state index in [2.05, 4.69) is 22.2 Å². The van der Waals surface area contributed by atoms with Crippen molar-refractivity contribution in [3.63, 3.8) is 0 Å². The highest BCUT2D eigenvalue weighted by atomic mass is 35.5. The Balaban J connectivity index is 1.54. The van der Waals surface area contributed by atoms with Crippen LogP contribution in [0, 0.1) is 5.82 Å². The highest BCUT2D eigenvalue weighted by Crippen LogP contribution is 2.18. The molecule has 136 valence electrons. The van der Waals surface area contributed by atoms with Crippen LogP contribution < -0.4 is 5.32 Å². The molecule has 6 heteroatoms. The van der Waals surface area contributed by atoms with E-state index in [-0.39, 0.29) is 18.3 Å². The number of aromatic nitrogens is 2. The molecule has 3 aromatic rings. The van der Waals surface area contributed by atoms with Gasteiger partial charge in [-0.1, -0.05) is 30.7 Å². The van der Waals surface area contributed by atoms with Gasteiger partial charge in [-0.2, -0.15) is 0 Å². The molecule has 26 heavy (non-hydrogen) atoms. The molecule has 0 aliphatic heterocycles. The fourth-order valence-corrected chi connectivity index (χ4v) is 3.06. The largest absolute Gasteiger partial charge is 0.352 e. The van der Waals surface area contributed by atoms with E-state index in [0.29, 0.717) is 23.4 Å². The number of halogens is 2. The van der Waals surface area contributed by atoms with Gasteiger partial charge in [0.25, 0.3) is 0 Å². The number of nitrogens with one attached hydrogen (secondary N) is 2. The highest BCUT2D eigenvalue weighted by molar-refractivity contribution is 6.31. The minimum atomic E-state index is -0.388. The van der Waals surface area contributed by atoms with Crippen molar-refractivity contribution >= 4 is 28.5 Å². The predicted molar refractivity (Wildman–Crippen MR) is 102 cm³/mol. The van der Waals surface area contributed by atoms with E-state index in [1.807, 2.05) is 18.2 Å². The molecule has 2 N–H and O–H groups in total. The Kier molecular flexibility index (Phi) is 5.89. The van der Waals surface area contributed by atoms with Crippen LogP contribution in [0.5, 0.6) is 0 Å². The van der Waals surface area contributed by atoms with E-state index >= 15 is 0 Å². The first kappa shape index (κ1) is 18.4. The average molecular weight is 374 g/mol. The van der Waals surface area contributed by atoms with Crippen LogP contribution in [0.25, 0.3) is 11.0 Å². The van der Waals surface area contributed by atoms with Gasteiger partial charge in [0.15, 0.2) is 0 Å². The Bertz CT molecular complexity index is 923. The minimum Gasteiger partial charge on any atom is -0.352 e. The number of carbonyl (C=O) groups excluding carboxylic acids is 1. The Labute approximate surface area is 156 Å². The van der Waals surface area contributed by atoms with Crippen LogP contribution >= 0.6 is 11.6 Å². The zero-order valence-electron chi connectivity index (χ0n) is 14.6. The summed E-state index contributed by atoms with van der Waals surface area (Å²) in [5, 5.41) is 3.14. The molecule has 0 fully saturated rings. The molecule has 0 radical (unpaired) electrons. The normalized spacial score (nSPS) is 11.0. The van der Waals surface area contributed by atoms with Crippen LogP contribution in [-0.2, 0) is 24.2 Å². The Morgan fingerprint density at radius 1 is 1.23 bits per heavy atom. The van der Waals surface area contributed by atoms with Crippen LogP contribution in [0.4, 0.5) is 4.39 Å². The van der Waals surface area contributed by atoms with Gasteiger partial charge in [-0.05, 0) is 48.2 Å². The molecule has 3 rings (SSSR count). The zero-order valence-corrected chi connectivity index (χ0v) is 15.4. The summed E-state index contributed by atoms with van der Waals surface area (Å²) in [5.74, 6) is 0.539. The second-order valence-electron chi connectivity index (χ2n) is 6.30. The molecule has 0 unspecified atom stereocenters. The Hall–Kier alpha value is -2.40. The van der Waals surface area contributed by atoms with Gasteiger partial charge in [0.2, 0.25) is 5.91 Å². The summed E-state index contributed by atoms with van der Waals surface area (Å²) in [4.78, 5) is 19.9. The van der Waals surface area contributed by atoms with Crippen LogP contribution in [0.1, 0.15) is 36.7 Å². The van der Waals surface area contributed by atoms with Gasteiger partial charge in [-0.15, -0.1) is 0 Å². The Morgan fingerprint density at radius 3 is 2.85 bits per heavy atom. The number of hydrogen-bond donors (Lipinski definition) is 2. The third-order valence-corrected chi connectivity index (χ3v) is 4.57. The maximum atomic E-state index is 13.0. The molecule has 1 amide bonds. The standard InChI is InChI=1S/C20H21ClFN3O/c1-2-3-19-24-17-8-4-13(10-18(17)25-19)5-9-20(26)23-12-14-6-7-15(22)11-16(14)21/h4,6-8,10-11H,2-3,5,9,12H2,1H3,(H,23,26)(H,24,25). The third-order valence-electron chi connectivity index (χ3n) is 4.21. The average Bonchev–Trinajstić information content (AvgIpc) is 3.01. The molecule has 0 spiro atoms. The summed E-state index contributed by atoms with van der Waals surface area (Å²) in [6, 6.07) is 10.2. The lowest BCUT2D eigenvalue weighted by molar-refractivity contribution is -0.121. The summed E-state index contributed by atoms with van der Waals surface area (Å²) in [6.07, 6.45) is 2.99. The van der Waals surface area contributed by atoms with Crippen molar-refractivity contribution in [3.8, 4) is 0 Å². The molecule has 1 heterocycles. The van der Waals surface area contributed by atoms with Crippen molar-refractivity contribution < 1.29 is 9.18 Å². The number of rotatable bonds is 7. The van der Waals surface area contributed by atoms with Crippen molar-refractivity contribution in [2.75, 3.05) is 0 Å². The number of aromatic amines is 1. The summed E-state index contributed by atoms with van der Waals surface area (Å²) < 4.78 is 13.0. The third kappa shape index (κ3) is 4.61. The minimum absolute atomic E-state index is 0.0678. The maximum Gasteiger partial charge on any atom is 0.220 e. The van der Waals surface area contributed by atoms with Crippen molar-refractivity contribution in [3.05, 3.63) is 64.2 Å². The molecule has 0 bridgehead atoms. The van der Waals surface area contributed by atoms with E-state index in [9.17, 15) is 9.18 Å². The van der Waals surface area contributed by atoms with Crippen LogP contribution in [0.15, 0.2) is 36.4 Å². The van der Waals surface area contributed by atoms with Crippen molar-refractivity contribution in [1.82, 2.24) is 15.3 Å². The Morgan fingerprint density at radius 2 is 2.08 bits per heavy atom. The number of imidazole rings is 1. The molecule has 4 nitrogen and oxygen atoms in total. The number of aryl methyl sites for hydroxylation is 2. The lowest BCUT2D eigenvalue weighted by Crippen LogP contribution is -2.23. The number of hydrogen-bond acceptors (Lipinski definition) is 2. The van der Waals surface area contributed by atoms with Crippen molar-refractivity contribution in [2.45, 2.75) is 39.2 Å². The molecule has 0 aliphatic carbocycles. The second-order valence-corrected chi connectivity index (χ2v) is 6.70. The van der Waals surface area contributed by atoms with Gasteiger partial charge < -0.3 is 10.3 Å². The summed E-state index contributed by atoms with van der Waals surface area (Å²) in [6.45, 7) is 2.41.